The number of ether oxygens (including phenoxy) is 1. The van der Waals surface area contributed by atoms with Crippen molar-refractivity contribution in [3.8, 4) is 0 Å². The molecule has 0 saturated carbocycles. The van der Waals surface area contributed by atoms with Crippen molar-refractivity contribution in [3.05, 3.63) is 35.4 Å². The molecule has 1 N–H and O–H groups in total. The molecular formula is C18H32N2O. The fraction of sp³-hybridized carbons (Fsp3) is 0.667. The lowest BCUT2D eigenvalue weighted by Gasteiger charge is -2.29. The molecular weight excluding hydrogens is 260 g/mol. The van der Waals surface area contributed by atoms with E-state index in [-0.39, 0.29) is 0 Å². The van der Waals surface area contributed by atoms with Crippen LogP contribution in [0.2, 0.25) is 0 Å². The molecule has 21 heavy (non-hydrogen) atoms. The molecule has 120 valence electrons. The van der Waals surface area contributed by atoms with Crippen LogP contribution in [0.4, 0.5) is 0 Å². The maximum atomic E-state index is 5.26. The van der Waals surface area contributed by atoms with E-state index in [1.807, 2.05) is 0 Å². The van der Waals surface area contributed by atoms with Crippen LogP contribution in [0.3, 0.4) is 0 Å². The molecule has 0 aliphatic rings. The molecule has 0 amide bonds. The van der Waals surface area contributed by atoms with Gasteiger partial charge in [-0.05, 0) is 44.5 Å². The quantitative estimate of drug-likeness (QED) is 0.716. The Balaban J connectivity index is 2.73. The van der Waals surface area contributed by atoms with Gasteiger partial charge in [-0.1, -0.05) is 38.1 Å². The largest absolute Gasteiger partial charge is 0.383 e. The Bertz CT molecular complexity index is 377. The maximum absolute atomic E-state index is 5.26. The van der Waals surface area contributed by atoms with Gasteiger partial charge in [-0.3, -0.25) is 4.90 Å². The summed E-state index contributed by atoms with van der Waals surface area (Å²) in [7, 11) is 3.94. The molecule has 3 heteroatoms. The number of nitrogens with one attached hydrogen (secondary N) is 1. The third kappa shape index (κ3) is 6.16. The molecule has 0 aromatic heterocycles. The summed E-state index contributed by atoms with van der Waals surface area (Å²) >= 11 is 0. The summed E-state index contributed by atoms with van der Waals surface area (Å²) in [5, 5.41) is 3.67. The van der Waals surface area contributed by atoms with Crippen molar-refractivity contribution in [2.24, 2.45) is 0 Å². The van der Waals surface area contributed by atoms with E-state index in [0.717, 1.165) is 32.5 Å². The van der Waals surface area contributed by atoms with Gasteiger partial charge in [0.25, 0.3) is 0 Å². The third-order valence-corrected chi connectivity index (χ3v) is 4.06. The highest BCUT2D eigenvalue weighted by Crippen LogP contribution is 2.16. The van der Waals surface area contributed by atoms with Gasteiger partial charge >= 0.3 is 0 Å². The van der Waals surface area contributed by atoms with E-state index in [1.165, 1.54) is 11.1 Å². The number of aryl methyl sites for hydroxylation is 1. The van der Waals surface area contributed by atoms with Crippen molar-refractivity contribution >= 4 is 0 Å². The van der Waals surface area contributed by atoms with Crippen molar-refractivity contribution in [2.45, 2.75) is 45.7 Å². The van der Waals surface area contributed by atoms with Crippen molar-refractivity contribution in [2.75, 3.05) is 33.9 Å². The molecule has 2 atom stereocenters. The number of benzene rings is 1. The van der Waals surface area contributed by atoms with Gasteiger partial charge in [-0.15, -0.1) is 0 Å². The molecule has 1 rings (SSSR count). The van der Waals surface area contributed by atoms with E-state index < -0.39 is 0 Å². The number of rotatable bonds is 10. The summed E-state index contributed by atoms with van der Waals surface area (Å²) in [5.74, 6) is 0. The Kier molecular flexibility index (Phi) is 8.58. The first kappa shape index (κ1) is 18.1. The molecule has 0 fully saturated rings. The van der Waals surface area contributed by atoms with Gasteiger partial charge in [-0.2, -0.15) is 0 Å². The molecule has 0 aliphatic carbocycles. The van der Waals surface area contributed by atoms with Crippen molar-refractivity contribution < 1.29 is 4.74 Å². The predicted octanol–water partition coefficient (Wildman–Crippen LogP) is 3.26. The smallest absolute Gasteiger partial charge is 0.0615 e. The Morgan fingerprint density at radius 3 is 2.38 bits per heavy atom. The van der Waals surface area contributed by atoms with E-state index in [0.29, 0.717) is 12.1 Å². The standard InChI is InChI=1S/C18H32N2O/c1-6-12-19-18(13-20(4)15(3)14-21-5)17-10-8-16(7-2)9-11-17/h8-11,15,18-19H,6-7,12-14H2,1-5H3. The SMILES string of the molecule is CCCNC(CN(C)C(C)COC)c1ccc(CC)cc1. The normalized spacial score (nSPS) is 14.4. The van der Waals surface area contributed by atoms with Gasteiger partial charge in [0, 0.05) is 25.7 Å². The van der Waals surface area contributed by atoms with Crippen LogP contribution in [-0.4, -0.2) is 44.8 Å². The summed E-state index contributed by atoms with van der Waals surface area (Å²) in [6.07, 6.45) is 2.25. The van der Waals surface area contributed by atoms with Crippen LogP contribution in [0.15, 0.2) is 24.3 Å². The topological polar surface area (TPSA) is 24.5 Å². The first-order valence-electron chi connectivity index (χ1n) is 8.13. The molecule has 1 aromatic rings. The summed E-state index contributed by atoms with van der Waals surface area (Å²) in [6, 6.07) is 9.82. The monoisotopic (exact) mass is 292 g/mol. The Morgan fingerprint density at radius 1 is 1.19 bits per heavy atom. The molecule has 0 bridgehead atoms. The molecule has 0 heterocycles. The summed E-state index contributed by atoms with van der Waals surface area (Å²) in [4.78, 5) is 2.37. The minimum absolute atomic E-state index is 0.375. The van der Waals surface area contributed by atoms with E-state index in [2.05, 4.69) is 62.3 Å². The van der Waals surface area contributed by atoms with Crippen LogP contribution in [-0.2, 0) is 11.2 Å². The van der Waals surface area contributed by atoms with E-state index in [1.54, 1.807) is 7.11 Å². The lowest BCUT2D eigenvalue weighted by molar-refractivity contribution is 0.109. The van der Waals surface area contributed by atoms with Gasteiger partial charge in [-0.25, -0.2) is 0 Å². The fourth-order valence-corrected chi connectivity index (χ4v) is 2.43. The first-order valence-corrected chi connectivity index (χ1v) is 8.13. The van der Waals surface area contributed by atoms with E-state index in [9.17, 15) is 0 Å². The van der Waals surface area contributed by atoms with Crippen LogP contribution in [0, 0.1) is 0 Å². The highest BCUT2D eigenvalue weighted by Gasteiger charge is 2.16. The number of methoxy groups -OCH3 is 1. The lowest BCUT2D eigenvalue weighted by atomic mass is 10.0. The lowest BCUT2D eigenvalue weighted by Crippen LogP contribution is -2.39. The Hall–Kier alpha value is -0.900. The van der Waals surface area contributed by atoms with Gasteiger partial charge < -0.3 is 10.1 Å². The molecule has 3 nitrogen and oxygen atoms in total. The Labute approximate surface area is 130 Å². The second-order valence-electron chi connectivity index (χ2n) is 5.85. The van der Waals surface area contributed by atoms with Crippen LogP contribution >= 0.6 is 0 Å². The van der Waals surface area contributed by atoms with Gasteiger partial charge in [0.2, 0.25) is 0 Å². The minimum atomic E-state index is 0.375. The molecule has 2 unspecified atom stereocenters. The van der Waals surface area contributed by atoms with Crippen LogP contribution in [0.1, 0.15) is 44.4 Å². The number of nitrogens with zero attached hydrogens (tertiary/aromatic N) is 1. The highest BCUT2D eigenvalue weighted by molar-refractivity contribution is 5.25. The van der Waals surface area contributed by atoms with Gasteiger partial charge in [0.15, 0.2) is 0 Å². The summed E-state index contributed by atoms with van der Waals surface area (Å²) < 4.78 is 5.26. The first-order chi connectivity index (χ1) is 10.1. The maximum Gasteiger partial charge on any atom is 0.0615 e. The predicted molar refractivity (Wildman–Crippen MR) is 90.8 cm³/mol. The fourth-order valence-electron chi connectivity index (χ4n) is 2.43. The van der Waals surface area contributed by atoms with Crippen molar-refractivity contribution in [1.82, 2.24) is 10.2 Å². The van der Waals surface area contributed by atoms with E-state index in [4.69, 9.17) is 4.74 Å². The molecule has 0 saturated heterocycles. The zero-order valence-corrected chi connectivity index (χ0v) is 14.4. The number of likely N-dealkylation sites (N-methyl/N-ethyl adjacent to an activating group) is 1. The summed E-state index contributed by atoms with van der Waals surface area (Å²) in [5.41, 5.74) is 2.77. The van der Waals surface area contributed by atoms with Crippen LogP contribution in [0.25, 0.3) is 0 Å². The number of hydrogen-bond acceptors (Lipinski definition) is 3. The van der Waals surface area contributed by atoms with Gasteiger partial charge in [0.1, 0.15) is 0 Å². The molecule has 1 aromatic carbocycles. The zero-order chi connectivity index (χ0) is 15.7. The van der Waals surface area contributed by atoms with Crippen molar-refractivity contribution in [3.63, 3.8) is 0 Å². The van der Waals surface area contributed by atoms with Gasteiger partial charge in [0.05, 0.1) is 6.61 Å². The minimum Gasteiger partial charge on any atom is -0.383 e. The second-order valence-corrected chi connectivity index (χ2v) is 5.85. The summed E-state index contributed by atoms with van der Waals surface area (Å²) in [6.45, 7) is 9.43. The molecule has 0 aliphatic heterocycles. The number of hydrogen-bond donors (Lipinski definition) is 1. The highest BCUT2D eigenvalue weighted by atomic mass is 16.5. The zero-order valence-electron chi connectivity index (χ0n) is 14.4. The van der Waals surface area contributed by atoms with Crippen LogP contribution in [0.5, 0.6) is 0 Å². The Morgan fingerprint density at radius 2 is 1.86 bits per heavy atom. The molecule has 0 radical (unpaired) electrons. The van der Waals surface area contributed by atoms with Crippen molar-refractivity contribution in [1.29, 1.82) is 0 Å². The average molecular weight is 292 g/mol. The molecule has 0 spiro atoms. The average Bonchev–Trinajstić information content (AvgIpc) is 2.51. The second kappa shape index (κ2) is 9.93. The third-order valence-electron chi connectivity index (χ3n) is 4.06. The van der Waals surface area contributed by atoms with E-state index >= 15 is 0 Å². The van der Waals surface area contributed by atoms with Crippen LogP contribution < -0.4 is 5.32 Å².